The fourth-order valence-electron chi connectivity index (χ4n) is 7.05. The number of hydrogen-bond donors (Lipinski definition) is 1. The second-order valence-electron chi connectivity index (χ2n) is 16.3. The summed E-state index contributed by atoms with van der Waals surface area (Å²) in [5.74, 6) is -0.268. The minimum atomic E-state index is -0.426. The van der Waals surface area contributed by atoms with E-state index in [1.54, 1.807) is 12.1 Å². The zero-order valence-corrected chi connectivity index (χ0v) is 37.6. The molecule has 0 saturated carbocycles. The fourth-order valence-corrected chi connectivity index (χ4v) is 7.05. The molecule has 0 fully saturated rings. The van der Waals surface area contributed by atoms with Crippen molar-refractivity contribution in [3.8, 4) is 0 Å². The van der Waals surface area contributed by atoms with Gasteiger partial charge in [-0.25, -0.2) is 0 Å². The van der Waals surface area contributed by atoms with Crippen LogP contribution >= 0.6 is 0 Å². The van der Waals surface area contributed by atoms with Crippen LogP contribution in [-0.2, 0) is 57.9 Å². The van der Waals surface area contributed by atoms with Crippen LogP contribution in [0.2, 0.25) is 0 Å². The van der Waals surface area contributed by atoms with Gasteiger partial charge in [-0.15, -0.1) is 0 Å². The van der Waals surface area contributed by atoms with Gasteiger partial charge in [-0.2, -0.15) is 0 Å². The number of carbonyl (C=O) groups is 3. The lowest BCUT2D eigenvalue weighted by molar-refractivity contribution is -0.160. The molecule has 0 saturated heterocycles. The zero-order chi connectivity index (χ0) is 42.3. The Kier molecular flexibility index (Phi) is 35.7. The third kappa shape index (κ3) is 31.4. The van der Waals surface area contributed by atoms with Gasteiger partial charge in [-0.1, -0.05) is 155 Å². The van der Waals surface area contributed by atoms with Crippen LogP contribution in [0.3, 0.4) is 0 Å². The smallest absolute Gasteiger partial charge is 0.306 e. The van der Waals surface area contributed by atoms with E-state index in [0.717, 1.165) is 75.3 Å². The molecule has 58 heavy (non-hydrogen) atoms. The number of carbonyl (C=O) groups excluding carboxylic acids is 3. The van der Waals surface area contributed by atoms with E-state index in [0.29, 0.717) is 57.0 Å². The molecule has 1 aromatic carbocycles. The Morgan fingerprint density at radius 2 is 0.879 bits per heavy atom. The normalized spacial score (nSPS) is 11.9. The number of esters is 3. The highest BCUT2D eigenvalue weighted by Crippen LogP contribution is 2.19. The molecule has 0 aliphatic heterocycles. The van der Waals surface area contributed by atoms with Gasteiger partial charge in [-0.3, -0.25) is 14.4 Å². The van der Waals surface area contributed by atoms with Gasteiger partial charge in [0.25, 0.3) is 0 Å². The lowest BCUT2D eigenvalue weighted by atomic mass is 9.96. The molecule has 0 heterocycles. The second-order valence-corrected chi connectivity index (χ2v) is 16.3. The molecule has 0 aliphatic carbocycles. The molecule has 0 aromatic heterocycles. The average molecular weight is 819 g/mol. The van der Waals surface area contributed by atoms with Crippen molar-refractivity contribution in [3.63, 3.8) is 0 Å². The lowest BCUT2D eigenvalue weighted by Gasteiger charge is -2.19. The van der Waals surface area contributed by atoms with Gasteiger partial charge in [0.05, 0.1) is 19.6 Å². The predicted octanol–water partition coefficient (Wildman–Crippen LogP) is 12.8. The molecule has 0 amide bonds. The van der Waals surface area contributed by atoms with Crippen molar-refractivity contribution in [1.82, 2.24) is 0 Å². The van der Waals surface area contributed by atoms with Gasteiger partial charge < -0.3 is 28.8 Å². The van der Waals surface area contributed by atoms with Crippen molar-refractivity contribution < 1.29 is 43.2 Å². The maximum Gasteiger partial charge on any atom is 0.306 e. The Morgan fingerprint density at radius 3 is 1.40 bits per heavy atom. The molecule has 0 aliphatic rings. The predicted molar refractivity (Wildman–Crippen MR) is 234 cm³/mol. The molecule has 336 valence electrons. The number of aliphatic hydroxyl groups excluding tert-OH is 1. The first-order valence-electron chi connectivity index (χ1n) is 23.8. The second kappa shape index (κ2) is 38.7. The summed E-state index contributed by atoms with van der Waals surface area (Å²) in [6.45, 7) is 10.6. The third-order valence-corrected chi connectivity index (χ3v) is 10.7. The van der Waals surface area contributed by atoms with E-state index in [2.05, 4.69) is 27.7 Å². The maximum atomic E-state index is 12.8. The summed E-state index contributed by atoms with van der Waals surface area (Å²) in [4.78, 5) is 37.6. The molecule has 9 nitrogen and oxygen atoms in total. The van der Waals surface area contributed by atoms with Crippen molar-refractivity contribution >= 4 is 17.9 Å². The highest BCUT2D eigenvalue weighted by Gasteiger charge is 2.15. The highest BCUT2D eigenvalue weighted by atomic mass is 16.7. The first kappa shape index (κ1) is 53.5. The summed E-state index contributed by atoms with van der Waals surface area (Å²) in [5, 5.41) is 9.85. The minimum Gasteiger partial charge on any atom is -0.465 e. The van der Waals surface area contributed by atoms with Crippen LogP contribution in [0.4, 0.5) is 0 Å². The Balaban J connectivity index is 2.41. The number of hydrogen-bond acceptors (Lipinski definition) is 9. The SMILES string of the molecule is CCCCCCCCOC(CCC(=O)OCc1cc(CO)cc(COC(=O)CCCCCCC(=O)OCC(CCCC)CCCCCC)c1)OCCCCCCCC. The van der Waals surface area contributed by atoms with E-state index in [4.69, 9.17) is 23.7 Å². The van der Waals surface area contributed by atoms with Crippen LogP contribution in [0.5, 0.6) is 0 Å². The number of rotatable bonds is 41. The third-order valence-electron chi connectivity index (χ3n) is 10.7. The summed E-state index contributed by atoms with van der Waals surface area (Å²) in [5.41, 5.74) is 2.12. The van der Waals surface area contributed by atoms with E-state index in [1.807, 2.05) is 6.07 Å². The fraction of sp³-hybridized carbons (Fsp3) is 0.816. The molecule has 1 unspecified atom stereocenters. The molecule has 0 radical (unpaired) electrons. The summed E-state index contributed by atoms with van der Waals surface area (Å²) in [6, 6.07) is 5.43. The Labute approximate surface area is 354 Å². The molecule has 1 N–H and O–H groups in total. The molecule has 1 rings (SSSR count). The van der Waals surface area contributed by atoms with Crippen LogP contribution in [-0.4, -0.2) is 49.1 Å². The van der Waals surface area contributed by atoms with Crippen molar-refractivity contribution in [2.75, 3.05) is 19.8 Å². The molecule has 1 atom stereocenters. The highest BCUT2D eigenvalue weighted by molar-refractivity contribution is 5.70. The van der Waals surface area contributed by atoms with Crippen molar-refractivity contribution in [3.05, 3.63) is 34.9 Å². The van der Waals surface area contributed by atoms with E-state index >= 15 is 0 Å². The van der Waals surface area contributed by atoms with Crippen molar-refractivity contribution in [1.29, 1.82) is 0 Å². The Bertz CT molecular complexity index is 1120. The monoisotopic (exact) mass is 819 g/mol. The van der Waals surface area contributed by atoms with Gasteiger partial charge in [-0.05, 0) is 67.2 Å². The van der Waals surface area contributed by atoms with Crippen LogP contribution in [0, 0.1) is 5.92 Å². The van der Waals surface area contributed by atoms with Crippen molar-refractivity contribution in [2.24, 2.45) is 5.92 Å². The first-order chi connectivity index (χ1) is 28.3. The Morgan fingerprint density at radius 1 is 0.466 bits per heavy atom. The summed E-state index contributed by atoms with van der Waals surface area (Å²) >= 11 is 0. The standard InChI is InChI=1S/C49H86O9/c1-5-9-13-16-20-25-33-54-49(55-34-26-21-17-14-10-6-2)32-31-48(53)58-41-45-36-43(38-50)35-44(37-45)40-57-47(52)30-24-19-18-23-29-46(51)56-39-42(27-12-8-4)28-22-15-11-7-3/h35-37,42,49-50H,5-34,38-41H2,1-4H3. The van der Waals surface area contributed by atoms with Gasteiger partial charge in [0.15, 0.2) is 6.29 Å². The average Bonchev–Trinajstić information content (AvgIpc) is 3.23. The lowest BCUT2D eigenvalue weighted by Crippen LogP contribution is -2.21. The molecule has 1 aromatic rings. The van der Waals surface area contributed by atoms with E-state index in [9.17, 15) is 19.5 Å². The van der Waals surface area contributed by atoms with Crippen LogP contribution < -0.4 is 0 Å². The van der Waals surface area contributed by atoms with Gasteiger partial charge in [0.1, 0.15) is 13.2 Å². The molecule has 9 heteroatoms. The van der Waals surface area contributed by atoms with Gasteiger partial charge >= 0.3 is 17.9 Å². The molecule has 0 bridgehead atoms. The summed E-state index contributed by atoms with van der Waals surface area (Å²) < 4.78 is 28.9. The largest absolute Gasteiger partial charge is 0.465 e. The number of ether oxygens (including phenoxy) is 5. The molecule has 0 spiro atoms. The van der Waals surface area contributed by atoms with E-state index < -0.39 is 6.29 Å². The minimum absolute atomic E-state index is 0.0571. The topological polar surface area (TPSA) is 118 Å². The number of aliphatic hydroxyl groups is 1. The number of benzene rings is 1. The van der Waals surface area contributed by atoms with Gasteiger partial charge in [0, 0.05) is 32.5 Å². The maximum absolute atomic E-state index is 12.8. The first-order valence-corrected chi connectivity index (χ1v) is 23.8. The van der Waals surface area contributed by atoms with E-state index in [-0.39, 0.29) is 44.1 Å². The van der Waals surface area contributed by atoms with Crippen LogP contribution in [0.15, 0.2) is 18.2 Å². The summed E-state index contributed by atoms with van der Waals surface area (Å²) in [6.07, 6.45) is 27.9. The molecular weight excluding hydrogens is 733 g/mol. The van der Waals surface area contributed by atoms with Crippen LogP contribution in [0.1, 0.15) is 224 Å². The number of unbranched alkanes of at least 4 members (excludes halogenated alkanes) is 17. The van der Waals surface area contributed by atoms with Crippen LogP contribution in [0.25, 0.3) is 0 Å². The van der Waals surface area contributed by atoms with Gasteiger partial charge in [0.2, 0.25) is 0 Å². The zero-order valence-electron chi connectivity index (χ0n) is 37.6. The summed E-state index contributed by atoms with van der Waals surface area (Å²) in [7, 11) is 0. The Hall–Kier alpha value is -2.49. The quantitative estimate of drug-likeness (QED) is 0.0298. The van der Waals surface area contributed by atoms with Crippen molar-refractivity contribution in [2.45, 2.75) is 234 Å². The molecular formula is C49H86O9. The van der Waals surface area contributed by atoms with E-state index in [1.165, 1.54) is 83.5 Å².